The van der Waals surface area contributed by atoms with Gasteiger partial charge in [-0.05, 0) is 19.4 Å². The van der Waals surface area contributed by atoms with Gasteiger partial charge in [0.15, 0.2) is 0 Å². The molecule has 0 aromatic heterocycles. The fourth-order valence-electron chi connectivity index (χ4n) is 1.96. The predicted octanol–water partition coefficient (Wildman–Crippen LogP) is 2.52. The lowest BCUT2D eigenvalue weighted by Gasteiger charge is -2.21. The number of hydrogen-bond acceptors (Lipinski definition) is 3. The summed E-state index contributed by atoms with van der Waals surface area (Å²) in [5, 5.41) is 3.21. The second-order valence-electron chi connectivity index (χ2n) is 4.10. The highest BCUT2D eigenvalue weighted by atomic mass is 35.5. The molecule has 0 radical (unpaired) electrons. The smallest absolute Gasteiger partial charge is 0.336 e. The highest BCUT2D eigenvalue weighted by Gasteiger charge is 2.25. The van der Waals surface area contributed by atoms with E-state index in [2.05, 4.69) is 5.32 Å². The number of carbonyl (C=O) groups is 2. The number of benzene rings is 1. The standard InChI is InChI=1S/C14H14ClNO3/c1-2-19-14(18)10-7-8-12(17)16-13(10)9-5-3-4-6-11(9)15/h3-6H,2,7-8H2,1H3,(H,16,17). The summed E-state index contributed by atoms with van der Waals surface area (Å²) in [6.07, 6.45) is 0.646. The largest absolute Gasteiger partial charge is 0.463 e. The van der Waals surface area contributed by atoms with Crippen LogP contribution in [0.3, 0.4) is 0 Å². The van der Waals surface area contributed by atoms with Gasteiger partial charge in [-0.2, -0.15) is 0 Å². The molecule has 1 aliphatic rings. The lowest BCUT2D eigenvalue weighted by molar-refractivity contribution is -0.138. The molecule has 0 fully saturated rings. The maximum absolute atomic E-state index is 11.9. The van der Waals surface area contributed by atoms with E-state index in [0.717, 1.165) is 0 Å². The number of nitrogens with one attached hydrogen (secondary N) is 1. The van der Waals surface area contributed by atoms with Gasteiger partial charge in [-0.25, -0.2) is 4.79 Å². The Bertz CT molecular complexity index is 551. The monoisotopic (exact) mass is 279 g/mol. The first-order valence-corrected chi connectivity index (χ1v) is 6.46. The molecule has 0 atom stereocenters. The van der Waals surface area contributed by atoms with Crippen molar-refractivity contribution in [3.8, 4) is 0 Å². The van der Waals surface area contributed by atoms with Crippen LogP contribution in [0.5, 0.6) is 0 Å². The summed E-state index contributed by atoms with van der Waals surface area (Å²) >= 11 is 6.11. The molecule has 1 N–H and O–H groups in total. The van der Waals surface area contributed by atoms with Crippen LogP contribution in [0.4, 0.5) is 0 Å². The minimum Gasteiger partial charge on any atom is -0.463 e. The molecule has 1 aromatic rings. The first kappa shape index (κ1) is 13.6. The second kappa shape index (κ2) is 5.89. The van der Waals surface area contributed by atoms with Crippen LogP contribution in [0.15, 0.2) is 29.8 Å². The van der Waals surface area contributed by atoms with E-state index in [0.29, 0.717) is 34.9 Å². The maximum atomic E-state index is 11.9. The summed E-state index contributed by atoms with van der Waals surface area (Å²) in [5.41, 5.74) is 1.56. The Morgan fingerprint density at radius 3 is 2.79 bits per heavy atom. The molecule has 19 heavy (non-hydrogen) atoms. The van der Waals surface area contributed by atoms with E-state index in [1.54, 1.807) is 31.2 Å². The summed E-state index contributed by atoms with van der Waals surface area (Å²) in [7, 11) is 0. The Morgan fingerprint density at radius 2 is 2.11 bits per heavy atom. The number of halogens is 1. The van der Waals surface area contributed by atoms with Crippen LogP contribution >= 0.6 is 11.6 Å². The first-order valence-electron chi connectivity index (χ1n) is 6.08. The Hall–Kier alpha value is -1.81. The molecule has 1 aromatic carbocycles. The van der Waals surface area contributed by atoms with Crippen LogP contribution in [0.25, 0.3) is 5.70 Å². The van der Waals surface area contributed by atoms with Crippen molar-refractivity contribution in [2.24, 2.45) is 0 Å². The third kappa shape index (κ3) is 2.96. The van der Waals surface area contributed by atoms with Gasteiger partial charge in [-0.1, -0.05) is 29.8 Å². The Labute approximate surface area is 116 Å². The van der Waals surface area contributed by atoms with E-state index in [4.69, 9.17) is 16.3 Å². The van der Waals surface area contributed by atoms with E-state index >= 15 is 0 Å². The summed E-state index contributed by atoms with van der Waals surface area (Å²) in [6, 6.07) is 7.08. The molecule has 0 saturated carbocycles. The van der Waals surface area contributed by atoms with Gasteiger partial charge in [0.1, 0.15) is 0 Å². The van der Waals surface area contributed by atoms with E-state index in [1.807, 2.05) is 0 Å². The predicted molar refractivity (Wildman–Crippen MR) is 72.4 cm³/mol. The minimum absolute atomic E-state index is 0.122. The lowest BCUT2D eigenvalue weighted by atomic mass is 9.98. The van der Waals surface area contributed by atoms with Crippen LogP contribution in [-0.4, -0.2) is 18.5 Å². The van der Waals surface area contributed by atoms with Crippen LogP contribution < -0.4 is 5.32 Å². The minimum atomic E-state index is -0.405. The molecule has 100 valence electrons. The number of esters is 1. The summed E-state index contributed by atoms with van der Waals surface area (Å²) in [6.45, 7) is 2.04. The number of rotatable bonds is 3. The average molecular weight is 280 g/mol. The first-order chi connectivity index (χ1) is 9.13. The molecular weight excluding hydrogens is 266 g/mol. The Balaban J connectivity index is 2.48. The van der Waals surface area contributed by atoms with Gasteiger partial charge in [0, 0.05) is 17.0 Å². The lowest BCUT2D eigenvalue weighted by Crippen LogP contribution is -2.30. The molecule has 2 rings (SSSR count). The molecule has 0 bridgehead atoms. The third-order valence-corrected chi connectivity index (χ3v) is 3.16. The van der Waals surface area contributed by atoms with Crippen molar-refractivity contribution >= 4 is 29.2 Å². The molecule has 5 heteroatoms. The van der Waals surface area contributed by atoms with E-state index < -0.39 is 5.97 Å². The average Bonchev–Trinajstić information content (AvgIpc) is 2.39. The highest BCUT2D eigenvalue weighted by Crippen LogP contribution is 2.29. The van der Waals surface area contributed by atoms with E-state index in [9.17, 15) is 9.59 Å². The van der Waals surface area contributed by atoms with E-state index in [1.165, 1.54) is 0 Å². The molecule has 0 spiro atoms. The molecule has 0 unspecified atom stereocenters. The van der Waals surface area contributed by atoms with Crippen LogP contribution in [-0.2, 0) is 14.3 Å². The van der Waals surface area contributed by atoms with Gasteiger partial charge in [-0.15, -0.1) is 0 Å². The molecule has 1 amide bonds. The quantitative estimate of drug-likeness (QED) is 0.865. The molecular formula is C14H14ClNO3. The molecule has 1 heterocycles. The second-order valence-corrected chi connectivity index (χ2v) is 4.51. The summed E-state index contributed by atoms with van der Waals surface area (Å²) < 4.78 is 5.02. The number of hydrogen-bond donors (Lipinski definition) is 1. The zero-order valence-electron chi connectivity index (χ0n) is 10.5. The van der Waals surface area contributed by atoms with Crippen LogP contribution in [0.1, 0.15) is 25.3 Å². The van der Waals surface area contributed by atoms with Crippen molar-refractivity contribution in [1.82, 2.24) is 5.32 Å². The number of carbonyl (C=O) groups excluding carboxylic acids is 2. The SMILES string of the molecule is CCOC(=O)C1=C(c2ccccc2Cl)NC(=O)CC1. The molecule has 0 saturated heterocycles. The fraction of sp³-hybridized carbons (Fsp3) is 0.286. The topological polar surface area (TPSA) is 55.4 Å². The highest BCUT2D eigenvalue weighted by molar-refractivity contribution is 6.32. The van der Waals surface area contributed by atoms with Gasteiger partial charge < -0.3 is 10.1 Å². The Morgan fingerprint density at radius 1 is 1.37 bits per heavy atom. The van der Waals surface area contributed by atoms with Crippen molar-refractivity contribution in [2.45, 2.75) is 19.8 Å². The van der Waals surface area contributed by atoms with Crippen molar-refractivity contribution in [3.63, 3.8) is 0 Å². The third-order valence-electron chi connectivity index (χ3n) is 2.83. The number of amides is 1. The number of ether oxygens (including phenoxy) is 1. The van der Waals surface area contributed by atoms with Crippen LogP contribution in [0.2, 0.25) is 5.02 Å². The Kier molecular flexibility index (Phi) is 4.22. The summed E-state index contributed by atoms with van der Waals surface area (Å²) in [4.78, 5) is 23.5. The zero-order chi connectivity index (χ0) is 13.8. The van der Waals surface area contributed by atoms with Gasteiger partial charge in [-0.3, -0.25) is 4.79 Å². The van der Waals surface area contributed by atoms with E-state index in [-0.39, 0.29) is 12.3 Å². The van der Waals surface area contributed by atoms with Gasteiger partial charge in [0.2, 0.25) is 5.91 Å². The molecule has 1 aliphatic heterocycles. The zero-order valence-corrected chi connectivity index (χ0v) is 11.3. The van der Waals surface area contributed by atoms with Crippen LogP contribution in [0, 0.1) is 0 Å². The van der Waals surface area contributed by atoms with Gasteiger partial charge in [0.05, 0.1) is 17.9 Å². The fourth-order valence-corrected chi connectivity index (χ4v) is 2.19. The van der Waals surface area contributed by atoms with Crippen molar-refractivity contribution in [1.29, 1.82) is 0 Å². The van der Waals surface area contributed by atoms with Gasteiger partial charge in [0.25, 0.3) is 0 Å². The van der Waals surface area contributed by atoms with Crippen molar-refractivity contribution in [3.05, 3.63) is 40.4 Å². The summed E-state index contributed by atoms with van der Waals surface area (Å²) in [5.74, 6) is -0.527. The molecule has 0 aliphatic carbocycles. The van der Waals surface area contributed by atoms with Gasteiger partial charge >= 0.3 is 5.97 Å². The molecule has 4 nitrogen and oxygen atoms in total. The van der Waals surface area contributed by atoms with Crippen molar-refractivity contribution in [2.75, 3.05) is 6.61 Å². The normalized spacial score (nSPS) is 15.2. The maximum Gasteiger partial charge on any atom is 0.336 e. The van der Waals surface area contributed by atoms with Crippen molar-refractivity contribution < 1.29 is 14.3 Å².